The third kappa shape index (κ3) is 2.44. The zero-order chi connectivity index (χ0) is 18.3. The van der Waals surface area contributed by atoms with Gasteiger partial charge < -0.3 is 15.4 Å². The summed E-state index contributed by atoms with van der Waals surface area (Å²) in [6, 6.07) is 11.8. The van der Waals surface area contributed by atoms with Crippen molar-refractivity contribution in [3.63, 3.8) is 0 Å². The molecule has 0 unspecified atom stereocenters. The fourth-order valence-corrected chi connectivity index (χ4v) is 3.43. The molecule has 7 nitrogen and oxygen atoms in total. The van der Waals surface area contributed by atoms with Gasteiger partial charge >= 0.3 is 0 Å². The predicted octanol–water partition coefficient (Wildman–Crippen LogP) is 1.42. The Morgan fingerprint density at radius 2 is 1.62 bits per heavy atom. The van der Waals surface area contributed by atoms with Crippen LogP contribution in [0, 0.1) is 0 Å². The van der Waals surface area contributed by atoms with Gasteiger partial charge in [-0.2, -0.15) is 0 Å². The maximum Gasteiger partial charge on any atom is 0.267 e. The number of primary amides is 1. The van der Waals surface area contributed by atoms with Gasteiger partial charge in [0.15, 0.2) is 0 Å². The number of benzene rings is 2. The standard InChI is InChI=1S/C19H17N3O4/c20-17(23)12-4-3-5-13-16(12)19(25)22(18(13)24)15-7-2-1-6-14(15)21-8-10-26-11-9-21/h1-7H,8-11H2,(H2,20,23). The first kappa shape index (κ1) is 16.3. The van der Waals surface area contributed by atoms with Gasteiger partial charge in [-0.05, 0) is 24.3 Å². The van der Waals surface area contributed by atoms with Crippen molar-refractivity contribution in [1.29, 1.82) is 0 Å². The Balaban J connectivity index is 1.81. The van der Waals surface area contributed by atoms with E-state index < -0.39 is 17.7 Å². The highest BCUT2D eigenvalue weighted by atomic mass is 16.5. The topological polar surface area (TPSA) is 92.9 Å². The summed E-state index contributed by atoms with van der Waals surface area (Å²) in [5, 5.41) is 0. The van der Waals surface area contributed by atoms with E-state index in [0.29, 0.717) is 32.0 Å². The molecule has 2 N–H and O–H groups in total. The van der Waals surface area contributed by atoms with E-state index in [1.807, 2.05) is 12.1 Å². The lowest BCUT2D eigenvalue weighted by atomic mass is 10.0. The van der Waals surface area contributed by atoms with Gasteiger partial charge in [-0.1, -0.05) is 18.2 Å². The Bertz CT molecular complexity index is 919. The first-order valence-electron chi connectivity index (χ1n) is 8.33. The molecule has 0 saturated carbocycles. The summed E-state index contributed by atoms with van der Waals surface area (Å²) in [6.07, 6.45) is 0. The van der Waals surface area contributed by atoms with Crippen LogP contribution in [0.3, 0.4) is 0 Å². The molecule has 0 radical (unpaired) electrons. The molecular weight excluding hydrogens is 334 g/mol. The summed E-state index contributed by atoms with van der Waals surface area (Å²) in [5.74, 6) is -1.71. The minimum atomic E-state index is -0.730. The quantitative estimate of drug-likeness (QED) is 0.844. The molecule has 2 aromatic rings. The van der Waals surface area contributed by atoms with Crippen molar-refractivity contribution in [1.82, 2.24) is 0 Å². The zero-order valence-corrected chi connectivity index (χ0v) is 14.0. The van der Waals surface area contributed by atoms with E-state index in [1.165, 1.54) is 6.07 Å². The van der Waals surface area contributed by atoms with Crippen molar-refractivity contribution in [2.75, 3.05) is 36.1 Å². The highest BCUT2D eigenvalue weighted by molar-refractivity contribution is 6.37. The summed E-state index contributed by atoms with van der Waals surface area (Å²) in [4.78, 5) is 40.8. The van der Waals surface area contributed by atoms with Gasteiger partial charge in [0, 0.05) is 13.1 Å². The van der Waals surface area contributed by atoms with E-state index in [-0.39, 0.29) is 16.7 Å². The maximum absolute atomic E-state index is 13.0. The Labute approximate surface area is 149 Å². The Morgan fingerprint density at radius 1 is 0.923 bits per heavy atom. The van der Waals surface area contributed by atoms with Crippen LogP contribution in [0.25, 0.3) is 0 Å². The zero-order valence-electron chi connectivity index (χ0n) is 14.0. The summed E-state index contributed by atoms with van der Waals surface area (Å²) in [6.45, 7) is 2.52. The Morgan fingerprint density at radius 3 is 2.31 bits per heavy atom. The maximum atomic E-state index is 13.0. The number of hydrogen-bond donors (Lipinski definition) is 1. The van der Waals surface area contributed by atoms with E-state index in [1.54, 1.807) is 24.3 Å². The average molecular weight is 351 g/mol. The smallest absolute Gasteiger partial charge is 0.267 e. The molecule has 7 heteroatoms. The second-order valence-corrected chi connectivity index (χ2v) is 6.13. The fraction of sp³-hybridized carbons (Fsp3) is 0.211. The van der Waals surface area contributed by atoms with Crippen LogP contribution in [0.5, 0.6) is 0 Å². The summed E-state index contributed by atoms with van der Waals surface area (Å²) >= 11 is 0. The van der Waals surface area contributed by atoms with Gasteiger partial charge in [0.2, 0.25) is 5.91 Å². The third-order valence-electron chi connectivity index (χ3n) is 4.65. The summed E-state index contributed by atoms with van der Waals surface area (Å²) in [5.41, 5.74) is 6.99. The van der Waals surface area contributed by atoms with E-state index in [9.17, 15) is 14.4 Å². The number of fused-ring (bicyclic) bond motifs is 1. The predicted molar refractivity (Wildman–Crippen MR) is 95.6 cm³/mol. The van der Waals surface area contributed by atoms with E-state index >= 15 is 0 Å². The second-order valence-electron chi connectivity index (χ2n) is 6.13. The van der Waals surface area contributed by atoms with Crippen LogP contribution in [-0.4, -0.2) is 44.0 Å². The molecule has 1 saturated heterocycles. The molecule has 3 amide bonds. The first-order chi connectivity index (χ1) is 12.6. The molecule has 4 rings (SSSR count). The average Bonchev–Trinajstić information content (AvgIpc) is 2.93. The Hall–Kier alpha value is -3.19. The number of rotatable bonds is 3. The largest absolute Gasteiger partial charge is 0.378 e. The lowest BCUT2D eigenvalue weighted by molar-refractivity contribution is 0.0918. The number of nitrogens with two attached hydrogens (primary N) is 1. The van der Waals surface area contributed by atoms with Crippen molar-refractivity contribution in [3.05, 3.63) is 59.2 Å². The SMILES string of the molecule is NC(=O)c1cccc2c1C(=O)N(c1ccccc1N1CCOCC1)C2=O. The van der Waals surface area contributed by atoms with Crippen LogP contribution in [-0.2, 0) is 4.74 Å². The minimum absolute atomic E-state index is 0.0622. The monoisotopic (exact) mass is 351 g/mol. The third-order valence-corrected chi connectivity index (χ3v) is 4.65. The molecule has 2 heterocycles. The molecule has 0 aliphatic carbocycles. The van der Waals surface area contributed by atoms with Crippen LogP contribution < -0.4 is 15.5 Å². The molecule has 0 spiro atoms. The van der Waals surface area contributed by atoms with Gasteiger partial charge in [-0.25, -0.2) is 4.90 Å². The van der Waals surface area contributed by atoms with Gasteiger partial charge in [0.1, 0.15) is 0 Å². The van der Waals surface area contributed by atoms with Crippen molar-refractivity contribution in [3.8, 4) is 0 Å². The number of nitrogens with zero attached hydrogens (tertiary/aromatic N) is 2. The van der Waals surface area contributed by atoms with E-state index in [2.05, 4.69) is 4.90 Å². The van der Waals surface area contributed by atoms with Gasteiger partial charge in [0.25, 0.3) is 11.8 Å². The highest BCUT2D eigenvalue weighted by Gasteiger charge is 2.40. The van der Waals surface area contributed by atoms with E-state index in [0.717, 1.165) is 10.6 Å². The van der Waals surface area contributed by atoms with Crippen molar-refractivity contribution in [2.45, 2.75) is 0 Å². The normalized spacial score (nSPS) is 16.8. The minimum Gasteiger partial charge on any atom is -0.378 e. The van der Waals surface area contributed by atoms with Crippen LogP contribution >= 0.6 is 0 Å². The number of amides is 3. The van der Waals surface area contributed by atoms with Crippen molar-refractivity contribution in [2.24, 2.45) is 5.73 Å². The molecule has 1 fully saturated rings. The van der Waals surface area contributed by atoms with Gasteiger partial charge in [-0.3, -0.25) is 14.4 Å². The van der Waals surface area contributed by atoms with E-state index in [4.69, 9.17) is 10.5 Å². The number of hydrogen-bond acceptors (Lipinski definition) is 5. The lowest BCUT2D eigenvalue weighted by Gasteiger charge is -2.32. The molecule has 26 heavy (non-hydrogen) atoms. The number of anilines is 2. The van der Waals surface area contributed by atoms with Gasteiger partial charge in [0.05, 0.1) is 41.3 Å². The molecule has 132 valence electrons. The van der Waals surface area contributed by atoms with Crippen molar-refractivity contribution < 1.29 is 19.1 Å². The van der Waals surface area contributed by atoms with Crippen molar-refractivity contribution >= 4 is 29.1 Å². The fourth-order valence-electron chi connectivity index (χ4n) is 3.43. The summed E-state index contributed by atoms with van der Waals surface area (Å²) in [7, 11) is 0. The molecular formula is C19H17N3O4. The first-order valence-corrected chi connectivity index (χ1v) is 8.33. The molecule has 2 aliphatic rings. The van der Waals surface area contributed by atoms with Crippen LogP contribution in [0.15, 0.2) is 42.5 Å². The number of carbonyl (C=O) groups is 3. The molecule has 0 aromatic heterocycles. The number of imide groups is 1. The number of ether oxygens (including phenoxy) is 1. The van der Waals surface area contributed by atoms with Crippen LogP contribution in [0.2, 0.25) is 0 Å². The number of para-hydroxylation sites is 2. The molecule has 2 aromatic carbocycles. The van der Waals surface area contributed by atoms with Crippen LogP contribution in [0.4, 0.5) is 11.4 Å². The summed E-state index contributed by atoms with van der Waals surface area (Å²) < 4.78 is 5.38. The number of carbonyl (C=O) groups excluding carboxylic acids is 3. The van der Waals surface area contributed by atoms with Crippen LogP contribution in [0.1, 0.15) is 31.1 Å². The second kappa shape index (κ2) is 6.27. The Kier molecular flexibility index (Phi) is 3.93. The molecule has 0 bridgehead atoms. The highest BCUT2D eigenvalue weighted by Crippen LogP contribution is 2.36. The number of morpholine rings is 1. The molecule has 0 atom stereocenters. The molecule has 2 aliphatic heterocycles. The van der Waals surface area contributed by atoms with Gasteiger partial charge in [-0.15, -0.1) is 0 Å². The lowest BCUT2D eigenvalue weighted by Crippen LogP contribution is -2.38.